The summed E-state index contributed by atoms with van der Waals surface area (Å²) in [6.07, 6.45) is -0.327. The number of nitrogen functional groups attached to an aromatic ring is 1. The second-order valence-electron chi connectivity index (χ2n) is 5.99. The van der Waals surface area contributed by atoms with Crippen LogP contribution in [0.4, 0.5) is 0 Å². The molecular formula is C18H17N5O5S. The summed E-state index contributed by atoms with van der Waals surface area (Å²) in [5.74, 6) is -0.832. The minimum absolute atomic E-state index is 0.0506. The van der Waals surface area contributed by atoms with Crippen molar-refractivity contribution in [2.45, 2.75) is 11.3 Å². The van der Waals surface area contributed by atoms with Crippen LogP contribution >= 0.6 is 0 Å². The zero-order valence-corrected chi connectivity index (χ0v) is 15.8. The van der Waals surface area contributed by atoms with Gasteiger partial charge in [0.05, 0.1) is 11.3 Å². The molecule has 2 aromatic carbocycles. The first-order valence-electron chi connectivity index (χ1n) is 8.37. The molecule has 0 spiro atoms. The van der Waals surface area contributed by atoms with Crippen LogP contribution in [0.25, 0.3) is 22.8 Å². The number of carbonyl (C=O) groups is 1. The average Bonchev–Trinajstić information content (AvgIpc) is 3.18. The fraction of sp³-hybridized carbons (Fsp3) is 0.111. The first-order chi connectivity index (χ1) is 13.8. The van der Waals surface area contributed by atoms with Crippen molar-refractivity contribution in [1.82, 2.24) is 14.9 Å². The van der Waals surface area contributed by atoms with Gasteiger partial charge in [0.15, 0.2) is 0 Å². The van der Waals surface area contributed by atoms with Crippen molar-refractivity contribution in [1.29, 1.82) is 5.41 Å². The Morgan fingerprint density at radius 3 is 2.62 bits per heavy atom. The molecule has 3 aromatic rings. The van der Waals surface area contributed by atoms with Gasteiger partial charge in [0, 0.05) is 23.2 Å². The van der Waals surface area contributed by atoms with E-state index in [2.05, 4.69) is 14.9 Å². The lowest BCUT2D eigenvalue weighted by molar-refractivity contribution is -0.136. The van der Waals surface area contributed by atoms with E-state index in [1.54, 1.807) is 30.3 Å². The van der Waals surface area contributed by atoms with E-state index in [0.717, 1.165) is 0 Å². The van der Waals surface area contributed by atoms with Crippen molar-refractivity contribution in [3.63, 3.8) is 0 Å². The SMILES string of the molecule is N=C(N)c1cccc(-c2nc(-c3cccc(S(=O)(=O)NCCC(=O)O)c3)no2)c1. The molecule has 10 nitrogen and oxygen atoms in total. The Morgan fingerprint density at radius 2 is 1.90 bits per heavy atom. The number of hydrogen-bond acceptors (Lipinski definition) is 7. The molecule has 11 heteroatoms. The van der Waals surface area contributed by atoms with Gasteiger partial charge in [-0.25, -0.2) is 13.1 Å². The van der Waals surface area contributed by atoms with E-state index in [0.29, 0.717) is 16.7 Å². The van der Waals surface area contributed by atoms with Crippen molar-refractivity contribution in [3.05, 3.63) is 54.1 Å². The fourth-order valence-electron chi connectivity index (χ4n) is 2.46. The summed E-state index contributed by atoms with van der Waals surface area (Å²) in [5, 5.41) is 20.0. The molecule has 0 aliphatic heterocycles. The molecule has 29 heavy (non-hydrogen) atoms. The molecule has 0 aliphatic rings. The Labute approximate surface area is 165 Å². The minimum Gasteiger partial charge on any atom is -0.481 e. The van der Waals surface area contributed by atoms with Crippen LogP contribution in [0.15, 0.2) is 57.9 Å². The second-order valence-corrected chi connectivity index (χ2v) is 7.75. The Morgan fingerprint density at radius 1 is 1.17 bits per heavy atom. The number of carboxylic acid groups (broad SMARTS) is 1. The van der Waals surface area contributed by atoms with Crippen molar-refractivity contribution in [2.75, 3.05) is 6.54 Å². The first kappa shape index (κ1) is 20.2. The van der Waals surface area contributed by atoms with Crippen LogP contribution < -0.4 is 10.5 Å². The number of benzene rings is 2. The van der Waals surface area contributed by atoms with E-state index < -0.39 is 16.0 Å². The summed E-state index contributed by atoms with van der Waals surface area (Å²) >= 11 is 0. The van der Waals surface area contributed by atoms with Gasteiger partial charge in [-0.3, -0.25) is 10.2 Å². The molecule has 0 aliphatic carbocycles. The largest absolute Gasteiger partial charge is 0.481 e. The van der Waals surface area contributed by atoms with E-state index >= 15 is 0 Å². The van der Waals surface area contributed by atoms with Crippen LogP contribution in [-0.4, -0.2) is 42.0 Å². The third-order valence-electron chi connectivity index (χ3n) is 3.88. The lowest BCUT2D eigenvalue weighted by Crippen LogP contribution is -2.26. The van der Waals surface area contributed by atoms with Crippen molar-refractivity contribution >= 4 is 21.8 Å². The normalized spacial score (nSPS) is 11.3. The summed E-state index contributed by atoms with van der Waals surface area (Å²) in [6, 6.07) is 12.6. The van der Waals surface area contributed by atoms with E-state index in [9.17, 15) is 13.2 Å². The van der Waals surface area contributed by atoms with Gasteiger partial charge in [0.25, 0.3) is 5.89 Å². The highest BCUT2D eigenvalue weighted by Crippen LogP contribution is 2.24. The van der Waals surface area contributed by atoms with Gasteiger partial charge < -0.3 is 15.4 Å². The highest BCUT2D eigenvalue weighted by Gasteiger charge is 2.17. The number of amidine groups is 1. The van der Waals surface area contributed by atoms with E-state index in [-0.39, 0.29) is 35.4 Å². The number of aliphatic carboxylic acids is 1. The molecule has 0 fully saturated rings. The van der Waals surface area contributed by atoms with Crippen LogP contribution in [0.1, 0.15) is 12.0 Å². The third-order valence-corrected chi connectivity index (χ3v) is 5.34. The molecule has 0 amide bonds. The molecule has 3 rings (SSSR count). The third kappa shape index (κ3) is 4.83. The maximum atomic E-state index is 12.3. The summed E-state index contributed by atoms with van der Waals surface area (Å²) < 4.78 is 32.1. The standard InChI is InChI=1S/C18H17N5O5S/c19-16(20)11-3-1-5-13(9-11)18-22-17(23-28-18)12-4-2-6-14(10-12)29(26,27)21-8-7-15(24)25/h1-6,9-10,21H,7-8H2,(H3,19,20)(H,24,25). The van der Waals surface area contributed by atoms with Crippen LogP contribution in [0.5, 0.6) is 0 Å². The van der Waals surface area contributed by atoms with Crippen LogP contribution in [-0.2, 0) is 14.8 Å². The van der Waals surface area contributed by atoms with E-state index in [1.807, 2.05) is 0 Å². The summed E-state index contributed by atoms with van der Waals surface area (Å²) in [7, 11) is -3.88. The molecule has 1 heterocycles. The fourth-order valence-corrected chi connectivity index (χ4v) is 3.53. The summed E-state index contributed by atoms with van der Waals surface area (Å²) in [6.45, 7) is -0.221. The predicted molar refractivity (Wildman–Crippen MR) is 104 cm³/mol. The lowest BCUT2D eigenvalue weighted by atomic mass is 10.1. The van der Waals surface area contributed by atoms with Gasteiger partial charge in [-0.05, 0) is 24.3 Å². The van der Waals surface area contributed by atoms with E-state index in [1.165, 1.54) is 18.2 Å². The Bertz CT molecular complexity index is 1170. The van der Waals surface area contributed by atoms with Crippen molar-refractivity contribution in [2.24, 2.45) is 5.73 Å². The molecule has 0 unspecified atom stereocenters. The number of hydrogen-bond donors (Lipinski definition) is 4. The molecule has 1 aromatic heterocycles. The van der Waals surface area contributed by atoms with Gasteiger partial charge in [0.1, 0.15) is 5.84 Å². The number of sulfonamides is 1. The number of rotatable bonds is 8. The van der Waals surface area contributed by atoms with Crippen molar-refractivity contribution in [3.8, 4) is 22.8 Å². The van der Waals surface area contributed by atoms with Crippen LogP contribution in [0, 0.1) is 5.41 Å². The molecule has 0 atom stereocenters. The van der Waals surface area contributed by atoms with Gasteiger partial charge in [0.2, 0.25) is 15.8 Å². The molecule has 5 N–H and O–H groups in total. The van der Waals surface area contributed by atoms with E-state index in [4.69, 9.17) is 20.8 Å². The number of nitrogens with zero attached hydrogens (tertiary/aromatic N) is 2. The Balaban J connectivity index is 1.86. The minimum atomic E-state index is -3.88. The molecule has 0 saturated carbocycles. The molecule has 0 bridgehead atoms. The van der Waals surface area contributed by atoms with Gasteiger partial charge in [-0.2, -0.15) is 4.98 Å². The Kier molecular flexibility index (Phi) is 5.71. The highest BCUT2D eigenvalue weighted by molar-refractivity contribution is 7.89. The van der Waals surface area contributed by atoms with Gasteiger partial charge in [-0.1, -0.05) is 29.4 Å². The second kappa shape index (κ2) is 8.20. The molecule has 0 saturated heterocycles. The summed E-state index contributed by atoms with van der Waals surface area (Å²) in [5.41, 5.74) is 6.96. The summed E-state index contributed by atoms with van der Waals surface area (Å²) in [4.78, 5) is 14.8. The Hall–Kier alpha value is -3.57. The van der Waals surface area contributed by atoms with Gasteiger partial charge in [-0.15, -0.1) is 0 Å². The van der Waals surface area contributed by atoms with Crippen molar-refractivity contribution < 1.29 is 22.8 Å². The van der Waals surface area contributed by atoms with Gasteiger partial charge >= 0.3 is 5.97 Å². The zero-order valence-electron chi connectivity index (χ0n) is 15.0. The molecule has 150 valence electrons. The number of carboxylic acids is 1. The predicted octanol–water partition coefficient (Wildman–Crippen LogP) is 1.44. The van der Waals surface area contributed by atoms with Crippen LogP contribution in [0.3, 0.4) is 0 Å². The number of nitrogens with two attached hydrogens (primary N) is 1. The monoisotopic (exact) mass is 415 g/mol. The maximum Gasteiger partial charge on any atom is 0.304 e. The average molecular weight is 415 g/mol. The first-order valence-corrected chi connectivity index (χ1v) is 9.85. The quantitative estimate of drug-likeness (QED) is 0.316. The molecule has 0 radical (unpaired) electrons. The highest BCUT2D eigenvalue weighted by atomic mass is 32.2. The topological polar surface area (TPSA) is 172 Å². The zero-order chi connectivity index (χ0) is 21.0. The maximum absolute atomic E-state index is 12.3. The number of aromatic nitrogens is 2. The van der Waals surface area contributed by atoms with Crippen LogP contribution in [0.2, 0.25) is 0 Å². The smallest absolute Gasteiger partial charge is 0.304 e. The lowest BCUT2D eigenvalue weighted by Gasteiger charge is -2.06. The molecular weight excluding hydrogens is 398 g/mol. The number of nitrogens with one attached hydrogen (secondary N) is 2.